The first kappa shape index (κ1) is 12.0. The summed E-state index contributed by atoms with van der Waals surface area (Å²) in [6, 6.07) is 0. The van der Waals surface area contributed by atoms with E-state index in [1.807, 2.05) is 0 Å². The second kappa shape index (κ2) is 5.08. The summed E-state index contributed by atoms with van der Waals surface area (Å²) in [6.45, 7) is 1.48. The Bertz CT molecular complexity index is 118. The van der Waals surface area contributed by atoms with Gasteiger partial charge in [0.2, 0.25) is 0 Å². The van der Waals surface area contributed by atoms with Gasteiger partial charge in [-0.3, -0.25) is 0 Å². The third-order valence-electron chi connectivity index (χ3n) is 0.467. The van der Waals surface area contributed by atoms with Crippen LogP contribution in [0, 0.1) is 0 Å². The molecule has 0 N–H and O–H groups in total. The maximum atomic E-state index is 10.1. The van der Waals surface area contributed by atoms with Gasteiger partial charge < -0.3 is 0 Å². The van der Waals surface area contributed by atoms with Crippen LogP contribution >= 0.6 is 12.9 Å². The zero-order valence-corrected chi connectivity index (χ0v) is 5.50. The molecule has 0 aliphatic heterocycles. The number of hydrogen-bond acceptors (Lipinski definition) is 4. The zero-order chi connectivity index (χ0) is 5.91. The summed E-state index contributed by atoms with van der Waals surface area (Å²) in [5.74, 6) is -0.0312. The van der Waals surface area contributed by atoms with Crippen LogP contribution in [-0.4, -0.2) is 43.7 Å². The molecule has 0 aromatic rings. The minimum absolute atomic E-state index is 0. The summed E-state index contributed by atoms with van der Waals surface area (Å²) in [7, 11) is -3.29. The van der Waals surface area contributed by atoms with Gasteiger partial charge in [0.05, 0.1) is 5.75 Å². The second-order valence-electron chi connectivity index (χ2n) is 0.921. The van der Waals surface area contributed by atoms with Crippen LogP contribution in [0.3, 0.4) is 0 Å². The summed E-state index contributed by atoms with van der Waals surface area (Å²) < 4.78 is 23.9. The van der Waals surface area contributed by atoms with Crippen LogP contribution in [0.15, 0.2) is 0 Å². The van der Waals surface area contributed by atoms with Crippen molar-refractivity contribution in [1.82, 2.24) is 0 Å². The van der Waals surface area contributed by atoms with Gasteiger partial charge in [-0.25, -0.2) is 3.63 Å². The molecule has 46 valence electrons. The van der Waals surface area contributed by atoms with Gasteiger partial charge in [0.25, 0.3) is 10.1 Å². The monoisotopic (exact) mass is 166 g/mol. The first-order chi connectivity index (χ1) is 3.12. The van der Waals surface area contributed by atoms with E-state index in [2.05, 4.69) is 16.5 Å². The van der Waals surface area contributed by atoms with Crippen LogP contribution in [0.2, 0.25) is 0 Å². The van der Waals surface area contributed by atoms with Crippen molar-refractivity contribution in [2.75, 3.05) is 5.75 Å². The van der Waals surface area contributed by atoms with E-state index in [0.29, 0.717) is 0 Å². The molecule has 0 unspecified atom stereocenters. The van der Waals surface area contributed by atoms with E-state index in [4.69, 9.17) is 0 Å². The molecule has 0 rings (SSSR count). The summed E-state index contributed by atoms with van der Waals surface area (Å²) >= 11 is 3.09. The predicted octanol–water partition coefficient (Wildman–Crippen LogP) is -0.451. The second-order valence-corrected chi connectivity index (χ2v) is 3.21. The van der Waals surface area contributed by atoms with Gasteiger partial charge >= 0.3 is 29.6 Å². The average Bonchev–Trinajstić information content (AvgIpc) is 1.68. The van der Waals surface area contributed by atoms with Crippen LogP contribution in [0.5, 0.6) is 0 Å². The van der Waals surface area contributed by atoms with Gasteiger partial charge in [-0.1, -0.05) is 0 Å². The van der Waals surface area contributed by atoms with Crippen LogP contribution in [0.25, 0.3) is 0 Å². The van der Waals surface area contributed by atoms with Gasteiger partial charge in [0.15, 0.2) is 0 Å². The van der Waals surface area contributed by atoms with E-state index < -0.39 is 10.1 Å². The summed E-state index contributed by atoms with van der Waals surface area (Å²) in [4.78, 5) is 0. The molecule has 0 atom stereocenters. The molecule has 0 fully saturated rings. The van der Waals surface area contributed by atoms with Gasteiger partial charge in [-0.05, 0) is 19.8 Å². The van der Waals surface area contributed by atoms with E-state index in [1.54, 1.807) is 0 Å². The molecule has 0 amide bonds. The fraction of sp³-hybridized carbons (Fsp3) is 1.00. The standard InChI is InChI=1S/C2H6O3S2.Na.H/c1-2-7(3,4)5-6;;/h6H,2H2,1H3;;. The minimum atomic E-state index is -3.29. The van der Waals surface area contributed by atoms with E-state index in [0.717, 1.165) is 0 Å². The van der Waals surface area contributed by atoms with Crippen LogP contribution in [-0.2, 0) is 13.7 Å². The molecular formula is C2H7NaO3S2. The Morgan fingerprint density at radius 3 is 2.00 bits per heavy atom. The molecule has 0 spiro atoms. The van der Waals surface area contributed by atoms with E-state index in [-0.39, 0.29) is 35.3 Å². The van der Waals surface area contributed by atoms with E-state index in [1.165, 1.54) is 6.92 Å². The Balaban J connectivity index is 0. The Labute approximate surface area is 76.8 Å². The number of hydrogen-bond donors (Lipinski definition) is 1. The molecule has 0 aliphatic rings. The fourth-order valence-corrected chi connectivity index (χ4v) is 0.474. The Kier molecular flexibility index (Phi) is 7.61. The van der Waals surface area contributed by atoms with E-state index >= 15 is 0 Å². The van der Waals surface area contributed by atoms with Crippen molar-refractivity contribution in [1.29, 1.82) is 0 Å². The molecule has 0 aromatic carbocycles. The quantitative estimate of drug-likeness (QED) is 0.343. The molecule has 0 radical (unpaired) electrons. The maximum absolute atomic E-state index is 10.1. The topological polar surface area (TPSA) is 43.4 Å². The van der Waals surface area contributed by atoms with Gasteiger partial charge in [-0.15, -0.1) is 0 Å². The third kappa shape index (κ3) is 5.40. The number of thiol groups is 1. The van der Waals surface area contributed by atoms with Crippen molar-refractivity contribution in [3.8, 4) is 0 Å². The van der Waals surface area contributed by atoms with E-state index in [9.17, 15) is 8.42 Å². The summed E-state index contributed by atoms with van der Waals surface area (Å²) in [5, 5.41) is 0. The van der Waals surface area contributed by atoms with Crippen molar-refractivity contribution >= 4 is 52.6 Å². The van der Waals surface area contributed by atoms with Gasteiger partial charge in [0, 0.05) is 0 Å². The molecule has 6 heteroatoms. The third-order valence-corrected chi connectivity index (χ3v) is 2.08. The van der Waals surface area contributed by atoms with Crippen LogP contribution < -0.4 is 0 Å². The first-order valence-electron chi connectivity index (χ1n) is 1.68. The van der Waals surface area contributed by atoms with Crippen molar-refractivity contribution in [3.05, 3.63) is 0 Å². The Hall–Kier alpha value is 1.26. The molecule has 0 bridgehead atoms. The van der Waals surface area contributed by atoms with Crippen molar-refractivity contribution in [3.63, 3.8) is 0 Å². The van der Waals surface area contributed by atoms with Crippen molar-refractivity contribution < 1.29 is 12.0 Å². The predicted molar refractivity (Wildman–Crippen MR) is 36.7 cm³/mol. The van der Waals surface area contributed by atoms with Crippen molar-refractivity contribution in [2.24, 2.45) is 0 Å². The molecule has 0 saturated carbocycles. The zero-order valence-electron chi connectivity index (χ0n) is 3.79. The molecular weight excluding hydrogens is 159 g/mol. The molecule has 0 aliphatic carbocycles. The first-order valence-corrected chi connectivity index (χ1v) is 3.62. The normalized spacial score (nSPS) is 10.2. The molecule has 0 aromatic heterocycles. The fourth-order valence-electron chi connectivity index (χ4n) is 0.0527. The Morgan fingerprint density at radius 2 is 2.00 bits per heavy atom. The van der Waals surface area contributed by atoms with Crippen LogP contribution in [0.1, 0.15) is 6.92 Å². The van der Waals surface area contributed by atoms with Crippen molar-refractivity contribution in [2.45, 2.75) is 6.92 Å². The van der Waals surface area contributed by atoms with Gasteiger partial charge in [-0.2, -0.15) is 8.42 Å². The number of rotatable bonds is 2. The Morgan fingerprint density at radius 1 is 1.62 bits per heavy atom. The molecule has 3 nitrogen and oxygen atoms in total. The summed E-state index contributed by atoms with van der Waals surface area (Å²) in [5.41, 5.74) is 0. The van der Waals surface area contributed by atoms with Crippen LogP contribution in [0.4, 0.5) is 0 Å². The average molecular weight is 166 g/mol. The molecule has 8 heavy (non-hydrogen) atoms. The SMILES string of the molecule is CCS(=O)(=O)OS.[NaH]. The van der Waals surface area contributed by atoms with Gasteiger partial charge in [0.1, 0.15) is 0 Å². The molecule has 0 heterocycles. The molecule has 0 saturated heterocycles. The summed E-state index contributed by atoms with van der Waals surface area (Å²) in [6.07, 6.45) is 0.